The second-order valence-corrected chi connectivity index (χ2v) is 6.74. The van der Waals surface area contributed by atoms with Crippen molar-refractivity contribution in [3.63, 3.8) is 0 Å². The number of aryl methyl sites for hydroxylation is 1. The zero-order valence-electron chi connectivity index (χ0n) is 15.4. The van der Waals surface area contributed by atoms with Crippen molar-refractivity contribution >= 4 is 5.97 Å². The molecule has 2 aromatic rings. The number of hydrogen-bond acceptors (Lipinski definition) is 3. The summed E-state index contributed by atoms with van der Waals surface area (Å²) in [5.41, 5.74) is 3.51. The molecule has 0 aromatic heterocycles. The quantitative estimate of drug-likeness (QED) is 0.685. The number of carboxylic acids is 1. The van der Waals surface area contributed by atoms with Crippen LogP contribution in [0.1, 0.15) is 24.0 Å². The summed E-state index contributed by atoms with van der Waals surface area (Å²) < 4.78 is 39.5. The Morgan fingerprint density at radius 3 is 2.46 bits per heavy atom. The lowest BCUT2D eigenvalue weighted by Crippen LogP contribution is -2.18. The van der Waals surface area contributed by atoms with E-state index in [0.29, 0.717) is 13.2 Å². The van der Waals surface area contributed by atoms with Crippen LogP contribution in [-0.2, 0) is 22.4 Å². The molecule has 4 nitrogen and oxygen atoms in total. The van der Waals surface area contributed by atoms with E-state index < -0.39 is 23.4 Å². The van der Waals surface area contributed by atoms with Crippen LogP contribution in [0, 0.1) is 11.6 Å². The number of carbonyl (C=O) groups is 1. The molecule has 1 heterocycles. The topological polar surface area (TPSA) is 55.8 Å². The first-order chi connectivity index (χ1) is 13.5. The molecule has 0 fully saturated rings. The minimum absolute atomic E-state index is 0.0461. The summed E-state index contributed by atoms with van der Waals surface area (Å²) in [4.78, 5) is 10.6. The number of halogens is 2. The number of rotatable bonds is 8. The minimum Gasteiger partial charge on any atom is -0.483 e. The Balaban J connectivity index is 1.71. The number of hydrogen-bond donors (Lipinski definition) is 1. The molecule has 0 aliphatic carbocycles. The third kappa shape index (κ3) is 5.39. The molecule has 0 radical (unpaired) electrons. The Hall–Kier alpha value is -2.73. The molecule has 1 aliphatic heterocycles. The van der Waals surface area contributed by atoms with Crippen LogP contribution in [0.25, 0.3) is 0 Å². The molecule has 0 spiro atoms. The van der Waals surface area contributed by atoms with E-state index in [-0.39, 0.29) is 25.0 Å². The molecular weight excluding hydrogens is 366 g/mol. The molecule has 0 unspecified atom stereocenters. The van der Waals surface area contributed by atoms with Crippen LogP contribution in [-0.4, -0.2) is 30.9 Å². The summed E-state index contributed by atoms with van der Waals surface area (Å²) in [6.07, 6.45) is 1.38. The van der Waals surface area contributed by atoms with Gasteiger partial charge in [-0.25, -0.2) is 8.78 Å². The summed E-state index contributed by atoms with van der Waals surface area (Å²) >= 11 is 0. The average Bonchev–Trinajstić information content (AvgIpc) is 2.68. The van der Waals surface area contributed by atoms with Gasteiger partial charge in [0.1, 0.15) is 6.61 Å². The van der Waals surface area contributed by atoms with Gasteiger partial charge in [0.2, 0.25) is 0 Å². The highest BCUT2D eigenvalue weighted by Crippen LogP contribution is 2.26. The number of ether oxygens (including phenoxy) is 2. The molecule has 0 saturated heterocycles. The van der Waals surface area contributed by atoms with Crippen LogP contribution in [0.2, 0.25) is 0 Å². The average molecular weight is 388 g/mol. The smallest absolute Gasteiger partial charge is 0.303 e. The second kappa shape index (κ2) is 9.46. The van der Waals surface area contributed by atoms with Gasteiger partial charge in [-0.3, -0.25) is 4.79 Å². The van der Waals surface area contributed by atoms with Gasteiger partial charge in [-0.05, 0) is 48.1 Å². The number of benzene rings is 2. The fraction of sp³-hybridized carbons (Fsp3) is 0.318. The Morgan fingerprint density at radius 2 is 1.79 bits per heavy atom. The van der Waals surface area contributed by atoms with Crippen molar-refractivity contribution in [3.8, 4) is 5.75 Å². The highest BCUT2D eigenvalue weighted by molar-refractivity contribution is 5.67. The zero-order valence-corrected chi connectivity index (χ0v) is 15.4. The molecule has 6 heteroatoms. The van der Waals surface area contributed by atoms with E-state index in [2.05, 4.69) is 0 Å². The SMILES string of the molecule is O=C(O)CCc1cc(F)c(OCC2=C(Cc3ccccc3)CCOC2)c(F)c1. The van der Waals surface area contributed by atoms with E-state index in [0.717, 1.165) is 41.7 Å². The van der Waals surface area contributed by atoms with Gasteiger partial charge in [0.15, 0.2) is 17.4 Å². The van der Waals surface area contributed by atoms with E-state index in [1.165, 1.54) is 0 Å². The molecule has 0 bridgehead atoms. The molecule has 2 aromatic carbocycles. The normalized spacial score (nSPS) is 14.2. The van der Waals surface area contributed by atoms with Crippen molar-refractivity contribution in [2.45, 2.75) is 25.7 Å². The fourth-order valence-corrected chi connectivity index (χ4v) is 3.17. The maximum Gasteiger partial charge on any atom is 0.303 e. The van der Waals surface area contributed by atoms with Gasteiger partial charge in [0, 0.05) is 6.42 Å². The predicted octanol–water partition coefficient (Wildman–Crippen LogP) is 4.32. The van der Waals surface area contributed by atoms with Crippen LogP contribution in [0.15, 0.2) is 53.6 Å². The van der Waals surface area contributed by atoms with E-state index >= 15 is 0 Å². The molecule has 148 valence electrons. The standard InChI is InChI=1S/C22H22F2O4/c23-19-11-16(6-7-21(25)26)12-20(24)22(19)28-14-18-13-27-9-8-17(18)10-15-4-2-1-3-5-15/h1-5,11-12H,6-10,13-14H2,(H,25,26). The predicted molar refractivity (Wildman–Crippen MR) is 100 cm³/mol. The molecule has 1 N–H and O–H groups in total. The van der Waals surface area contributed by atoms with Crippen LogP contribution < -0.4 is 4.74 Å². The first-order valence-corrected chi connectivity index (χ1v) is 9.17. The maximum atomic E-state index is 14.3. The Kier molecular flexibility index (Phi) is 6.76. The third-order valence-electron chi connectivity index (χ3n) is 4.66. The third-order valence-corrected chi connectivity index (χ3v) is 4.66. The van der Waals surface area contributed by atoms with Crippen molar-refractivity contribution < 1.29 is 28.2 Å². The largest absolute Gasteiger partial charge is 0.483 e. The summed E-state index contributed by atoms with van der Waals surface area (Å²) in [5, 5.41) is 8.70. The highest BCUT2D eigenvalue weighted by Gasteiger charge is 2.18. The Morgan fingerprint density at radius 1 is 1.07 bits per heavy atom. The van der Waals surface area contributed by atoms with Gasteiger partial charge < -0.3 is 14.6 Å². The van der Waals surface area contributed by atoms with E-state index in [9.17, 15) is 13.6 Å². The highest BCUT2D eigenvalue weighted by atomic mass is 19.1. The summed E-state index contributed by atoms with van der Waals surface area (Å²) in [7, 11) is 0. The lowest BCUT2D eigenvalue weighted by atomic mass is 9.96. The lowest BCUT2D eigenvalue weighted by molar-refractivity contribution is -0.136. The maximum absolute atomic E-state index is 14.3. The van der Waals surface area contributed by atoms with Gasteiger partial charge in [0.25, 0.3) is 0 Å². The lowest BCUT2D eigenvalue weighted by Gasteiger charge is -2.22. The van der Waals surface area contributed by atoms with Gasteiger partial charge in [-0.2, -0.15) is 0 Å². The van der Waals surface area contributed by atoms with Crippen molar-refractivity contribution in [1.29, 1.82) is 0 Å². The summed E-state index contributed by atoms with van der Waals surface area (Å²) in [6, 6.07) is 12.2. The summed E-state index contributed by atoms with van der Waals surface area (Å²) in [6.45, 7) is 1.04. The second-order valence-electron chi connectivity index (χ2n) is 6.74. The Bertz CT molecular complexity index is 839. The van der Waals surface area contributed by atoms with E-state index in [1.807, 2.05) is 30.3 Å². The first kappa shape index (κ1) is 20.0. The first-order valence-electron chi connectivity index (χ1n) is 9.17. The number of aliphatic carboxylic acids is 1. The van der Waals surface area contributed by atoms with Gasteiger partial charge >= 0.3 is 5.97 Å². The van der Waals surface area contributed by atoms with Gasteiger partial charge in [-0.1, -0.05) is 35.9 Å². The monoisotopic (exact) mass is 388 g/mol. The molecule has 3 rings (SSSR count). The van der Waals surface area contributed by atoms with Crippen LogP contribution in [0.3, 0.4) is 0 Å². The molecule has 1 aliphatic rings. The van der Waals surface area contributed by atoms with E-state index in [1.54, 1.807) is 0 Å². The van der Waals surface area contributed by atoms with Crippen molar-refractivity contribution in [2.24, 2.45) is 0 Å². The molecule has 0 amide bonds. The summed E-state index contributed by atoms with van der Waals surface area (Å²) in [5.74, 6) is -3.13. The fourth-order valence-electron chi connectivity index (χ4n) is 3.17. The van der Waals surface area contributed by atoms with Crippen LogP contribution in [0.5, 0.6) is 5.75 Å². The Labute approximate surface area is 162 Å². The van der Waals surface area contributed by atoms with E-state index in [4.69, 9.17) is 14.6 Å². The molecular formula is C22H22F2O4. The zero-order chi connectivity index (χ0) is 19.9. The van der Waals surface area contributed by atoms with Crippen molar-refractivity contribution in [1.82, 2.24) is 0 Å². The molecule has 0 saturated carbocycles. The molecule has 0 atom stereocenters. The van der Waals surface area contributed by atoms with Gasteiger partial charge in [0.05, 0.1) is 13.2 Å². The molecule has 28 heavy (non-hydrogen) atoms. The minimum atomic E-state index is -1.02. The number of carboxylic acid groups (broad SMARTS) is 1. The van der Waals surface area contributed by atoms with Crippen molar-refractivity contribution in [2.75, 3.05) is 19.8 Å². The van der Waals surface area contributed by atoms with Crippen molar-refractivity contribution in [3.05, 3.63) is 76.4 Å². The van der Waals surface area contributed by atoms with Crippen LogP contribution in [0.4, 0.5) is 8.78 Å². The van der Waals surface area contributed by atoms with Gasteiger partial charge in [-0.15, -0.1) is 0 Å². The van der Waals surface area contributed by atoms with Crippen LogP contribution >= 0.6 is 0 Å².